The lowest BCUT2D eigenvalue weighted by atomic mass is 9.44. The monoisotopic (exact) mass is 768 g/mol. The fourth-order valence-electron chi connectivity index (χ4n) is 11.4. The highest BCUT2D eigenvalue weighted by molar-refractivity contribution is 6.93. The van der Waals surface area contributed by atoms with Gasteiger partial charge in [-0.1, -0.05) is 160 Å². The van der Waals surface area contributed by atoms with Crippen molar-refractivity contribution in [3.63, 3.8) is 0 Å². The van der Waals surface area contributed by atoms with E-state index in [0.717, 1.165) is 28.0 Å². The number of benzene rings is 8. The molecule has 3 aliphatic heterocycles. The average Bonchev–Trinajstić information content (AvgIpc) is 3.80. The second-order valence-electron chi connectivity index (χ2n) is 18.1. The number of furan rings is 1. The summed E-state index contributed by atoms with van der Waals surface area (Å²) in [6, 6.07) is 65.9. The second-order valence-corrected chi connectivity index (χ2v) is 18.1. The Morgan fingerprint density at radius 2 is 1.15 bits per heavy atom. The van der Waals surface area contributed by atoms with E-state index in [0.29, 0.717) is 0 Å². The van der Waals surface area contributed by atoms with E-state index in [1.807, 2.05) is 0 Å². The lowest BCUT2D eigenvalue weighted by Gasteiger charge is -2.51. The number of anilines is 5. The molecule has 9 aromatic rings. The maximum absolute atomic E-state index is 7.32. The van der Waals surface area contributed by atoms with Crippen molar-refractivity contribution in [2.75, 3.05) is 9.71 Å². The van der Waals surface area contributed by atoms with E-state index < -0.39 is 5.41 Å². The normalized spacial score (nSPS) is 14.7. The summed E-state index contributed by atoms with van der Waals surface area (Å²) in [6.45, 7) is 8.94. The highest BCUT2D eigenvalue weighted by Crippen LogP contribution is 2.65. The second kappa shape index (κ2) is 11.8. The fourth-order valence-corrected chi connectivity index (χ4v) is 11.4. The summed E-state index contributed by atoms with van der Waals surface area (Å²) in [4.78, 5) is 5.18. The van der Waals surface area contributed by atoms with Gasteiger partial charge in [-0.05, 0) is 110 Å². The molecule has 0 saturated carbocycles. The molecule has 0 amide bonds. The molecule has 60 heavy (non-hydrogen) atoms. The van der Waals surface area contributed by atoms with Gasteiger partial charge in [0.05, 0.1) is 16.8 Å². The van der Waals surface area contributed by atoms with Gasteiger partial charge in [-0.2, -0.15) is 0 Å². The Hall–Kier alpha value is -7.04. The molecule has 13 rings (SSSR count). The summed E-state index contributed by atoms with van der Waals surface area (Å²) in [5.74, 6) is 0. The van der Waals surface area contributed by atoms with Crippen LogP contribution in [-0.4, -0.2) is 6.85 Å². The molecular weight excluding hydrogens is 727 g/mol. The summed E-state index contributed by atoms with van der Waals surface area (Å²) in [5, 5.41) is 1.11. The standard InChI is InChI=1S/C56H41BN2O/c1-34-31-42-39-22-16-26-46-52(39)59(48-27-14-13-25-45(48)56(46)43-23-11-8-19-37(43)38-20-9-12-24-44(38)56)57-51(42)49(32-34)58(53-40-21-10-15-28-50(40)60-54(53)57)47-30-29-36(55(2,3)4)33-41(47)35-17-6-5-7-18-35/h5-33H,1-4H3. The molecule has 0 radical (unpaired) electrons. The number of fused-ring (bicyclic) bond motifs is 15. The third-order valence-electron chi connectivity index (χ3n) is 13.8. The SMILES string of the molecule is Cc1cc2c3c(c1)N(c1ccc(C(C)(C)C)cc1-c1ccccc1)c1c(oc4ccccc14)B3N1c3ccccc3C3(c4ccccc4-c4ccccc43)c3cccc-2c31. The van der Waals surface area contributed by atoms with E-state index in [2.05, 4.69) is 213 Å². The Morgan fingerprint density at radius 1 is 0.500 bits per heavy atom. The van der Waals surface area contributed by atoms with Crippen LogP contribution in [-0.2, 0) is 10.8 Å². The van der Waals surface area contributed by atoms with Crippen LogP contribution < -0.4 is 20.8 Å². The zero-order chi connectivity index (χ0) is 40.1. The van der Waals surface area contributed by atoms with Gasteiger partial charge in [-0.25, -0.2) is 0 Å². The van der Waals surface area contributed by atoms with Gasteiger partial charge in [0, 0.05) is 33.6 Å². The quantitative estimate of drug-likeness (QED) is 0.163. The Bertz CT molecular complexity index is 3250. The molecule has 4 aliphatic rings. The average molecular weight is 769 g/mol. The Balaban J connectivity index is 1.17. The molecular formula is C56H41BN2O. The minimum atomic E-state index is -0.493. The van der Waals surface area contributed by atoms with Crippen LogP contribution >= 0.6 is 0 Å². The lowest BCUT2D eigenvalue weighted by Crippen LogP contribution is -2.62. The van der Waals surface area contributed by atoms with Crippen LogP contribution in [0.1, 0.15) is 54.2 Å². The van der Waals surface area contributed by atoms with Crippen molar-refractivity contribution < 1.29 is 4.42 Å². The van der Waals surface area contributed by atoms with Crippen molar-refractivity contribution in [1.82, 2.24) is 0 Å². The predicted molar refractivity (Wildman–Crippen MR) is 250 cm³/mol. The first-order valence-corrected chi connectivity index (χ1v) is 21.2. The lowest BCUT2D eigenvalue weighted by molar-refractivity contribution is 0.590. The van der Waals surface area contributed by atoms with E-state index in [1.165, 1.54) is 89.3 Å². The molecule has 8 aromatic carbocycles. The Morgan fingerprint density at radius 3 is 1.92 bits per heavy atom. The molecule has 4 heteroatoms. The van der Waals surface area contributed by atoms with E-state index in [9.17, 15) is 0 Å². The third kappa shape index (κ3) is 4.20. The molecule has 0 unspecified atom stereocenters. The van der Waals surface area contributed by atoms with E-state index in [1.54, 1.807) is 0 Å². The minimum absolute atomic E-state index is 0.0220. The van der Waals surface area contributed by atoms with Crippen molar-refractivity contribution in [3.8, 4) is 33.4 Å². The highest BCUT2D eigenvalue weighted by Gasteiger charge is 2.57. The van der Waals surface area contributed by atoms with Crippen LogP contribution in [0.2, 0.25) is 0 Å². The van der Waals surface area contributed by atoms with Gasteiger partial charge in [0.25, 0.3) is 0 Å². The van der Waals surface area contributed by atoms with Crippen molar-refractivity contribution in [2.45, 2.75) is 38.5 Å². The molecule has 0 atom stereocenters. The van der Waals surface area contributed by atoms with E-state index in [-0.39, 0.29) is 12.3 Å². The van der Waals surface area contributed by atoms with Crippen LogP contribution in [0.25, 0.3) is 44.3 Å². The van der Waals surface area contributed by atoms with Gasteiger partial charge < -0.3 is 14.1 Å². The molecule has 0 N–H and O–H groups in total. The van der Waals surface area contributed by atoms with Crippen molar-refractivity contribution in [1.29, 1.82) is 0 Å². The number of hydrogen-bond acceptors (Lipinski definition) is 3. The molecule has 0 bridgehead atoms. The van der Waals surface area contributed by atoms with Crippen LogP contribution in [0.4, 0.5) is 28.4 Å². The van der Waals surface area contributed by atoms with Gasteiger partial charge in [-0.3, -0.25) is 0 Å². The van der Waals surface area contributed by atoms with Crippen molar-refractivity contribution >= 4 is 57.4 Å². The molecule has 4 heterocycles. The molecule has 1 aromatic heterocycles. The zero-order valence-electron chi connectivity index (χ0n) is 34.1. The maximum Gasteiger partial charge on any atom is 0.375 e. The largest absolute Gasteiger partial charge is 0.466 e. The van der Waals surface area contributed by atoms with Gasteiger partial charge in [-0.15, -0.1) is 0 Å². The summed E-state index contributed by atoms with van der Waals surface area (Å²) < 4.78 is 7.32. The molecule has 1 aliphatic carbocycles. The summed E-state index contributed by atoms with van der Waals surface area (Å²) in [5.41, 5.74) is 23.9. The fraction of sp³-hybridized carbons (Fsp3) is 0.107. The van der Waals surface area contributed by atoms with Gasteiger partial charge in [0.1, 0.15) is 11.2 Å². The first-order chi connectivity index (χ1) is 29.3. The Kier molecular flexibility index (Phi) is 6.66. The highest BCUT2D eigenvalue weighted by atomic mass is 16.3. The van der Waals surface area contributed by atoms with Crippen LogP contribution in [0.5, 0.6) is 0 Å². The molecule has 284 valence electrons. The Labute approximate surface area is 351 Å². The van der Waals surface area contributed by atoms with Crippen molar-refractivity contribution in [3.05, 3.63) is 209 Å². The smallest absolute Gasteiger partial charge is 0.375 e. The van der Waals surface area contributed by atoms with E-state index in [4.69, 9.17) is 4.42 Å². The number of hydrogen-bond donors (Lipinski definition) is 0. The van der Waals surface area contributed by atoms with Crippen LogP contribution in [0.3, 0.4) is 0 Å². The first-order valence-electron chi connectivity index (χ1n) is 21.2. The number of para-hydroxylation sites is 3. The van der Waals surface area contributed by atoms with Gasteiger partial charge >= 0.3 is 6.85 Å². The third-order valence-corrected chi connectivity index (χ3v) is 13.8. The summed E-state index contributed by atoms with van der Waals surface area (Å²) in [6.07, 6.45) is 0. The van der Waals surface area contributed by atoms with Crippen LogP contribution in [0.15, 0.2) is 180 Å². The number of rotatable bonds is 2. The molecule has 0 fully saturated rings. The zero-order valence-corrected chi connectivity index (χ0v) is 34.1. The van der Waals surface area contributed by atoms with Crippen LogP contribution in [0, 0.1) is 6.92 Å². The maximum atomic E-state index is 7.32. The molecule has 0 saturated heterocycles. The minimum Gasteiger partial charge on any atom is -0.466 e. The van der Waals surface area contributed by atoms with Gasteiger partial charge in [0.15, 0.2) is 0 Å². The van der Waals surface area contributed by atoms with Crippen molar-refractivity contribution in [2.24, 2.45) is 0 Å². The topological polar surface area (TPSA) is 19.6 Å². The number of aryl methyl sites for hydroxylation is 1. The predicted octanol–water partition coefficient (Wildman–Crippen LogP) is 13.1. The van der Waals surface area contributed by atoms with E-state index >= 15 is 0 Å². The summed E-state index contributed by atoms with van der Waals surface area (Å²) in [7, 11) is 0. The van der Waals surface area contributed by atoms with Gasteiger partial charge in [0.2, 0.25) is 0 Å². The number of nitrogens with zero attached hydrogens (tertiary/aromatic N) is 2. The molecule has 1 spiro atoms. The summed E-state index contributed by atoms with van der Waals surface area (Å²) >= 11 is 0. The molecule has 3 nitrogen and oxygen atoms in total. The first kappa shape index (κ1) is 33.9.